The second-order valence-electron chi connectivity index (χ2n) is 2.98. The van der Waals surface area contributed by atoms with Crippen LogP contribution in [0.4, 0.5) is 5.82 Å². The molecule has 72 valence electrons. The molecular formula is C11H18N2. The molecule has 0 atom stereocenters. The first-order valence-corrected chi connectivity index (χ1v) is 4.30. The van der Waals surface area contributed by atoms with Crippen molar-refractivity contribution in [1.82, 2.24) is 4.98 Å². The summed E-state index contributed by atoms with van der Waals surface area (Å²) in [6.07, 6.45) is 1.75. The summed E-state index contributed by atoms with van der Waals surface area (Å²) in [5, 5.41) is 0. The average Bonchev–Trinajstić information content (AvgIpc) is 2.01. The summed E-state index contributed by atoms with van der Waals surface area (Å²) in [4.78, 5) is 4.11. The Kier molecular flexibility index (Phi) is 4.82. The number of pyridine rings is 1. The van der Waals surface area contributed by atoms with Crippen molar-refractivity contribution in [3.05, 3.63) is 35.5 Å². The van der Waals surface area contributed by atoms with Crippen molar-refractivity contribution in [1.29, 1.82) is 0 Å². The Bertz CT molecular complexity index is 267. The lowest BCUT2D eigenvalue weighted by molar-refractivity contribution is 1.13. The molecule has 0 aliphatic heterocycles. The molecule has 0 saturated carbocycles. The Morgan fingerprint density at radius 1 is 1.38 bits per heavy atom. The van der Waals surface area contributed by atoms with E-state index in [1.54, 1.807) is 6.08 Å². The summed E-state index contributed by atoms with van der Waals surface area (Å²) in [7, 11) is 0. The Balaban J connectivity index is 0.000000424. The number of nitrogens with zero attached hydrogens (tertiary/aromatic N) is 1. The van der Waals surface area contributed by atoms with Crippen LogP contribution >= 0.6 is 0 Å². The molecule has 1 heterocycles. The smallest absolute Gasteiger partial charge is 0.123 e. The molecule has 1 rings (SSSR count). The summed E-state index contributed by atoms with van der Waals surface area (Å²) in [6.45, 7) is 11.3. The Hall–Kier alpha value is -1.31. The van der Waals surface area contributed by atoms with E-state index in [1.165, 1.54) is 11.1 Å². The third-order valence-corrected chi connectivity index (χ3v) is 1.80. The fourth-order valence-electron chi connectivity index (χ4n) is 0.925. The van der Waals surface area contributed by atoms with Gasteiger partial charge in [0.05, 0.1) is 0 Å². The van der Waals surface area contributed by atoms with E-state index in [1.807, 2.05) is 26.8 Å². The Morgan fingerprint density at radius 3 is 2.23 bits per heavy atom. The molecule has 0 bridgehead atoms. The maximum atomic E-state index is 5.52. The Morgan fingerprint density at radius 2 is 1.85 bits per heavy atom. The van der Waals surface area contributed by atoms with E-state index >= 15 is 0 Å². The molecule has 13 heavy (non-hydrogen) atoms. The van der Waals surface area contributed by atoms with E-state index in [0.29, 0.717) is 5.82 Å². The van der Waals surface area contributed by atoms with Gasteiger partial charge in [-0.2, -0.15) is 0 Å². The maximum Gasteiger partial charge on any atom is 0.123 e. The quantitative estimate of drug-likeness (QED) is 0.620. The number of nitrogen functional groups attached to an aromatic ring is 1. The highest BCUT2D eigenvalue weighted by Gasteiger charge is 1.98. The van der Waals surface area contributed by atoms with Gasteiger partial charge >= 0.3 is 0 Å². The first-order chi connectivity index (χ1) is 6.02. The van der Waals surface area contributed by atoms with Crippen LogP contribution in [0.2, 0.25) is 0 Å². The number of rotatable bonds is 0. The van der Waals surface area contributed by atoms with Crippen LogP contribution in [-0.2, 0) is 0 Å². The molecule has 0 radical (unpaired) electrons. The zero-order valence-corrected chi connectivity index (χ0v) is 8.89. The van der Waals surface area contributed by atoms with Gasteiger partial charge in [-0.1, -0.05) is 6.08 Å². The molecule has 0 unspecified atom stereocenters. The first-order valence-electron chi connectivity index (χ1n) is 4.30. The molecule has 0 aliphatic carbocycles. The van der Waals surface area contributed by atoms with Crippen molar-refractivity contribution in [3.63, 3.8) is 0 Å². The van der Waals surface area contributed by atoms with Gasteiger partial charge in [0, 0.05) is 5.69 Å². The maximum absolute atomic E-state index is 5.52. The second kappa shape index (κ2) is 5.36. The second-order valence-corrected chi connectivity index (χ2v) is 2.98. The minimum Gasteiger partial charge on any atom is -0.384 e. The van der Waals surface area contributed by atoms with E-state index in [-0.39, 0.29) is 0 Å². The van der Waals surface area contributed by atoms with Crippen LogP contribution in [0.5, 0.6) is 0 Å². The number of nitrogens with two attached hydrogens (primary N) is 1. The number of hydrogen-bond acceptors (Lipinski definition) is 2. The molecule has 0 amide bonds. The molecule has 2 heteroatoms. The highest BCUT2D eigenvalue weighted by Crippen LogP contribution is 2.11. The van der Waals surface area contributed by atoms with Crippen LogP contribution < -0.4 is 5.73 Å². The number of aryl methyl sites for hydroxylation is 2. The predicted octanol–water partition coefficient (Wildman–Crippen LogP) is 2.78. The normalized spacial score (nSPS) is 8.62. The zero-order chi connectivity index (χ0) is 10.4. The van der Waals surface area contributed by atoms with Crippen LogP contribution in [0.1, 0.15) is 23.7 Å². The molecule has 0 fully saturated rings. The predicted molar refractivity (Wildman–Crippen MR) is 58.7 cm³/mol. The molecule has 0 saturated heterocycles. The monoisotopic (exact) mass is 178 g/mol. The van der Waals surface area contributed by atoms with Crippen molar-refractivity contribution in [2.45, 2.75) is 27.7 Å². The summed E-state index contributed by atoms with van der Waals surface area (Å²) in [5.74, 6) is 0.612. The van der Waals surface area contributed by atoms with Gasteiger partial charge in [0.2, 0.25) is 0 Å². The number of hydrogen-bond donors (Lipinski definition) is 1. The lowest BCUT2D eigenvalue weighted by Crippen LogP contribution is -1.96. The molecule has 1 aromatic heterocycles. The molecular weight excluding hydrogens is 160 g/mol. The van der Waals surface area contributed by atoms with Gasteiger partial charge in [0.1, 0.15) is 5.82 Å². The largest absolute Gasteiger partial charge is 0.384 e. The fourth-order valence-corrected chi connectivity index (χ4v) is 0.925. The molecule has 2 N–H and O–H groups in total. The van der Waals surface area contributed by atoms with Crippen molar-refractivity contribution < 1.29 is 0 Å². The van der Waals surface area contributed by atoms with Gasteiger partial charge in [-0.3, -0.25) is 0 Å². The third kappa shape index (κ3) is 3.74. The molecule has 1 aromatic rings. The summed E-state index contributed by atoms with van der Waals surface area (Å²) < 4.78 is 0. The van der Waals surface area contributed by atoms with Gasteiger partial charge < -0.3 is 5.73 Å². The van der Waals surface area contributed by atoms with Crippen molar-refractivity contribution >= 4 is 5.82 Å². The third-order valence-electron chi connectivity index (χ3n) is 1.80. The zero-order valence-electron chi connectivity index (χ0n) is 8.89. The molecule has 2 nitrogen and oxygen atoms in total. The summed E-state index contributed by atoms with van der Waals surface area (Å²) in [6, 6.07) is 1.89. The van der Waals surface area contributed by atoms with Crippen LogP contribution in [0, 0.1) is 20.8 Å². The average molecular weight is 178 g/mol. The lowest BCUT2D eigenvalue weighted by Gasteiger charge is -2.03. The summed E-state index contributed by atoms with van der Waals surface area (Å²) >= 11 is 0. The highest BCUT2D eigenvalue weighted by atomic mass is 14.8. The van der Waals surface area contributed by atoms with Crippen LogP contribution in [0.3, 0.4) is 0 Å². The van der Waals surface area contributed by atoms with Gasteiger partial charge in [-0.05, 0) is 44.9 Å². The highest BCUT2D eigenvalue weighted by molar-refractivity contribution is 5.39. The van der Waals surface area contributed by atoms with E-state index in [9.17, 15) is 0 Å². The minimum atomic E-state index is 0.612. The summed E-state index contributed by atoms with van der Waals surface area (Å²) in [5.41, 5.74) is 8.99. The van der Waals surface area contributed by atoms with Gasteiger partial charge in [0.25, 0.3) is 0 Å². The molecule has 0 spiro atoms. The molecule has 0 aliphatic rings. The SMILES string of the molecule is C=CC.Cc1cc(N)nc(C)c1C. The van der Waals surface area contributed by atoms with Crippen LogP contribution in [-0.4, -0.2) is 4.98 Å². The van der Waals surface area contributed by atoms with E-state index in [0.717, 1.165) is 5.69 Å². The number of allylic oxidation sites excluding steroid dienone is 1. The number of aromatic nitrogens is 1. The van der Waals surface area contributed by atoms with E-state index in [4.69, 9.17) is 5.73 Å². The first kappa shape index (κ1) is 11.7. The Labute approximate surface area is 80.5 Å². The topological polar surface area (TPSA) is 38.9 Å². The van der Waals surface area contributed by atoms with E-state index < -0.39 is 0 Å². The van der Waals surface area contributed by atoms with Crippen LogP contribution in [0.15, 0.2) is 18.7 Å². The van der Waals surface area contributed by atoms with Gasteiger partial charge in [-0.15, -0.1) is 6.58 Å². The lowest BCUT2D eigenvalue weighted by atomic mass is 10.1. The standard InChI is InChI=1S/C8H12N2.C3H6/c1-5-4-8(9)10-7(3)6(5)2;1-3-2/h4H,1-3H3,(H2,9,10);3H,1H2,2H3. The molecule has 0 aromatic carbocycles. The van der Waals surface area contributed by atoms with Crippen molar-refractivity contribution in [2.75, 3.05) is 5.73 Å². The van der Waals surface area contributed by atoms with Gasteiger partial charge in [0.15, 0.2) is 0 Å². The van der Waals surface area contributed by atoms with Gasteiger partial charge in [-0.25, -0.2) is 4.98 Å². The van der Waals surface area contributed by atoms with Crippen molar-refractivity contribution in [3.8, 4) is 0 Å². The van der Waals surface area contributed by atoms with E-state index in [2.05, 4.69) is 18.5 Å². The van der Waals surface area contributed by atoms with Crippen molar-refractivity contribution in [2.24, 2.45) is 0 Å². The fraction of sp³-hybridized carbons (Fsp3) is 0.364. The van der Waals surface area contributed by atoms with Crippen LogP contribution in [0.25, 0.3) is 0 Å². The number of anilines is 1. The minimum absolute atomic E-state index is 0.612.